The van der Waals surface area contributed by atoms with E-state index in [9.17, 15) is 0 Å². The maximum Gasteiger partial charge on any atom is 0.0547 e. The Morgan fingerprint density at radius 3 is 1.25 bits per heavy atom. The second-order valence-corrected chi connectivity index (χ2v) is 15.8. The molecule has 0 saturated carbocycles. The lowest BCUT2D eigenvalue weighted by Gasteiger charge is -2.09. The molecule has 0 amide bonds. The van der Waals surface area contributed by atoms with Gasteiger partial charge in [0.05, 0.1) is 22.1 Å². The summed E-state index contributed by atoms with van der Waals surface area (Å²) in [7, 11) is 0. The van der Waals surface area contributed by atoms with E-state index >= 15 is 0 Å². The molecule has 0 saturated heterocycles. The molecule has 0 unspecified atom stereocenters. The van der Waals surface area contributed by atoms with E-state index < -0.39 is 0 Å². The van der Waals surface area contributed by atoms with E-state index in [2.05, 4.69) is 240 Å². The smallest absolute Gasteiger partial charge is 0.0547 e. The minimum atomic E-state index is 1.17. The number of hydrogen-bond donors (Lipinski definition) is 0. The summed E-state index contributed by atoms with van der Waals surface area (Å²) in [6.45, 7) is 0. The summed E-state index contributed by atoms with van der Waals surface area (Å²) < 4.78 is 4.75. The summed E-state index contributed by atoms with van der Waals surface area (Å²) in [6, 6.07) is 79.7. The van der Waals surface area contributed by atoms with Gasteiger partial charge in [0.15, 0.2) is 0 Å². The van der Waals surface area contributed by atoms with Crippen LogP contribution in [0.4, 0.5) is 0 Å². The van der Waals surface area contributed by atoms with Crippen LogP contribution in [-0.4, -0.2) is 9.13 Å². The fourth-order valence-corrected chi connectivity index (χ4v) is 9.30. The third-order valence-corrected chi connectivity index (χ3v) is 12.2. The first-order valence-electron chi connectivity index (χ1n) is 20.7. The van der Waals surface area contributed by atoms with Gasteiger partial charge in [0.1, 0.15) is 0 Å². The molecule has 2 heterocycles. The molecule has 12 aromatic rings. The van der Waals surface area contributed by atoms with Crippen LogP contribution in [0.3, 0.4) is 0 Å². The van der Waals surface area contributed by atoms with E-state index in [0.29, 0.717) is 0 Å². The Morgan fingerprint density at radius 2 is 0.650 bits per heavy atom. The highest BCUT2D eigenvalue weighted by Gasteiger charge is 2.15. The predicted octanol–water partition coefficient (Wildman–Crippen LogP) is 15.7. The average molecular weight is 763 g/mol. The second kappa shape index (κ2) is 13.9. The number of hydrogen-bond acceptors (Lipinski definition) is 0. The van der Waals surface area contributed by atoms with Crippen LogP contribution in [0, 0.1) is 0 Å². The van der Waals surface area contributed by atoms with Gasteiger partial charge in [-0.25, -0.2) is 0 Å². The minimum Gasteiger partial charge on any atom is -0.309 e. The van der Waals surface area contributed by atoms with Gasteiger partial charge < -0.3 is 9.13 Å². The molecule has 2 aromatic heterocycles. The van der Waals surface area contributed by atoms with Gasteiger partial charge in [0.2, 0.25) is 0 Å². The van der Waals surface area contributed by atoms with E-state index in [1.54, 1.807) is 0 Å². The van der Waals surface area contributed by atoms with Gasteiger partial charge in [-0.3, -0.25) is 0 Å². The van der Waals surface area contributed by atoms with Crippen molar-refractivity contribution in [2.75, 3.05) is 0 Å². The fraction of sp³-hybridized carbons (Fsp3) is 0. The lowest BCUT2D eigenvalue weighted by molar-refractivity contribution is 1.18. The van der Waals surface area contributed by atoms with Crippen LogP contribution in [0.15, 0.2) is 218 Å². The summed E-state index contributed by atoms with van der Waals surface area (Å²) in [4.78, 5) is 0. The molecule has 0 aliphatic heterocycles. The molecule has 10 aromatic carbocycles. The quantitative estimate of drug-likeness (QED) is 0.149. The van der Waals surface area contributed by atoms with Gasteiger partial charge in [-0.15, -0.1) is 0 Å². The highest BCUT2D eigenvalue weighted by molar-refractivity contribution is 6.11. The van der Waals surface area contributed by atoms with Crippen LogP contribution in [0.2, 0.25) is 0 Å². The molecule has 0 atom stereocenters. The Hall–Kier alpha value is -7.94. The van der Waals surface area contributed by atoms with Gasteiger partial charge in [0, 0.05) is 32.9 Å². The molecule has 0 spiro atoms. The molecule has 0 N–H and O–H groups in total. The zero-order valence-electron chi connectivity index (χ0n) is 32.8. The zero-order valence-corrected chi connectivity index (χ0v) is 32.8. The summed E-state index contributed by atoms with van der Waals surface area (Å²) in [6.07, 6.45) is 4.45. The van der Waals surface area contributed by atoms with Crippen molar-refractivity contribution in [1.82, 2.24) is 9.13 Å². The highest BCUT2D eigenvalue weighted by Crippen LogP contribution is 2.37. The van der Waals surface area contributed by atoms with Gasteiger partial charge in [0.25, 0.3) is 0 Å². The van der Waals surface area contributed by atoms with Crippen LogP contribution in [0.25, 0.3) is 111 Å². The number of nitrogens with zero attached hydrogens (tertiary/aromatic N) is 2. The van der Waals surface area contributed by atoms with Gasteiger partial charge in [-0.05, 0) is 134 Å². The molecule has 2 nitrogen and oxygen atoms in total. The van der Waals surface area contributed by atoms with Crippen molar-refractivity contribution < 1.29 is 0 Å². The zero-order chi connectivity index (χ0) is 39.6. The monoisotopic (exact) mass is 762 g/mol. The highest BCUT2D eigenvalue weighted by atomic mass is 15.0. The number of para-hydroxylation sites is 4. The molecule has 0 aliphatic carbocycles. The largest absolute Gasteiger partial charge is 0.309 e. The topological polar surface area (TPSA) is 9.86 Å². The maximum absolute atomic E-state index is 2.38. The summed E-state index contributed by atoms with van der Waals surface area (Å²) in [5, 5.41) is 10.0. The van der Waals surface area contributed by atoms with Crippen LogP contribution in [-0.2, 0) is 0 Å². The fourth-order valence-electron chi connectivity index (χ4n) is 9.30. The second-order valence-electron chi connectivity index (χ2n) is 15.8. The molecule has 0 bridgehead atoms. The standard InChI is InChI=1S/C58H38N2/c1-3-11-49(12-4-1)59-56-18-10-8-16-52(56)54-37-47(30-32-57(54)59)45-27-25-41-33-39(21-23-43(41)35-45)19-20-40-22-24-44-36-46(28-26-42(44)34-40)48-29-31-53-51-15-7-9-17-55(51)60(58(53)38-48)50-13-5-2-6-14-50/h1-38H. The first kappa shape index (κ1) is 34.1. The Balaban J connectivity index is 0.817. The van der Waals surface area contributed by atoms with E-state index in [1.165, 1.54) is 110 Å². The molecule has 0 aliphatic rings. The van der Waals surface area contributed by atoms with Gasteiger partial charge in [-0.2, -0.15) is 0 Å². The molecular formula is C58H38N2. The minimum absolute atomic E-state index is 1.17. The van der Waals surface area contributed by atoms with Crippen LogP contribution in [0.1, 0.15) is 11.1 Å². The van der Waals surface area contributed by atoms with Crippen molar-refractivity contribution in [2.45, 2.75) is 0 Å². The Labute approximate surface area is 348 Å². The third kappa shape index (κ3) is 5.73. The van der Waals surface area contributed by atoms with E-state index in [-0.39, 0.29) is 0 Å². The van der Waals surface area contributed by atoms with Crippen molar-refractivity contribution in [3.8, 4) is 33.6 Å². The number of aromatic nitrogens is 2. The number of rotatable bonds is 6. The first-order valence-corrected chi connectivity index (χ1v) is 20.7. The van der Waals surface area contributed by atoms with E-state index in [4.69, 9.17) is 0 Å². The van der Waals surface area contributed by atoms with Crippen LogP contribution in [0.5, 0.6) is 0 Å². The molecule has 0 radical (unpaired) electrons. The number of fused-ring (bicyclic) bond motifs is 8. The van der Waals surface area contributed by atoms with Gasteiger partial charge >= 0.3 is 0 Å². The molecule has 2 heteroatoms. The lowest BCUT2D eigenvalue weighted by atomic mass is 9.98. The summed E-state index contributed by atoms with van der Waals surface area (Å²) >= 11 is 0. The predicted molar refractivity (Wildman–Crippen MR) is 256 cm³/mol. The molecular weight excluding hydrogens is 725 g/mol. The van der Waals surface area contributed by atoms with Crippen LogP contribution < -0.4 is 0 Å². The summed E-state index contributed by atoms with van der Waals surface area (Å²) in [5.74, 6) is 0. The van der Waals surface area contributed by atoms with Crippen molar-refractivity contribution in [3.63, 3.8) is 0 Å². The van der Waals surface area contributed by atoms with E-state index in [0.717, 1.165) is 0 Å². The molecule has 0 fully saturated rings. The van der Waals surface area contributed by atoms with Crippen molar-refractivity contribution >= 4 is 77.3 Å². The Morgan fingerprint density at radius 1 is 0.250 bits per heavy atom. The van der Waals surface area contributed by atoms with Crippen LogP contribution >= 0.6 is 0 Å². The third-order valence-electron chi connectivity index (χ3n) is 12.2. The number of benzene rings is 10. The van der Waals surface area contributed by atoms with E-state index in [1.807, 2.05) is 0 Å². The normalized spacial score (nSPS) is 11.9. The molecule has 280 valence electrons. The average Bonchev–Trinajstić information content (AvgIpc) is 3.83. The van der Waals surface area contributed by atoms with Crippen molar-refractivity contribution in [2.24, 2.45) is 0 Å². The van der Waals surface area contributed by atoms with Gasteiger partial charge in [-0.1, -0.05) is 152 Å². The Kier molecular flexibility index (Phi) is 7.89. The maximum atomic E-state index is 2.38. The molecule has 60 heavy (non-hydrogen) atoms. The Bertz CT molecular complexity index is 3640. The SMILES string of the molecule is C(=Cc1ccc2cc(-c3ccc4c5ccccc5n(-c5ccccc5)c4c3)ccc2c1)c1ccc2cc(-c3ccc4c(c3)c3ccccc3n4-c3ccccc3)ccc2c1. The lowest BCUT2D eigenvalue weighted by Crippen LogP contribution is -1.93. The van der Waals surface area contributed by atoms with Crippen molar-refractivity contribution in [3.05, 3.63) is 230 Å². The van der Waals surface area contributed by atoms with Crippen molar-refractivity contribution in [1.29, 1.82) is 0 Å². The summed E-state index contributed by atoms with van der Waals surface area (Å²) in [5.41, 5.74) is 14.5. The first-order chi connectivity index (χ1) is 29.7. The molecule has 12 rings (SSSR count).